The van der Waals surface area contributed by atoms with Crippen molar-refractivity contribution in [3.63, 3.8) is 0 Å². The van der Waals surface area contributed by atoms with E-state index in [1.807, 2.05) is 0 Å². The van der Waals surface area contributed by atoms with E-state index < -0.39 is 4.92 Å². The third kappa shape index (κ3) is 3.59. The predicted octanol–water partition coefficient (Wildman–Crippen LogP) is 4.28. The van der Waals surface area contributed by atoms with Gasteiger partial charge in [0.1, 0.15) is 17.2 Å². The Kier molecular flexibility index (Phi) is 4.59. The number of non-ortho nitro benzene ring substituents is 1. The SMILES string of the molecule is O=[N+]([O-])c1ccc(N=Cc2cc(Br)cc(Br)c2O)c(O)c1. The Bertz CT molecular complexity index is 747. The van der Waals surface area contributed by atoms with Crippen molar-refractivity contribution >= 4 is 49.4 Å². The van der Waals surface area contributed by atoms with Crippen LogP contribution in [0.1, 0.15) is 5.56 Å². The summed E-state index contributed by atoms with van der Waals surface area (Å²) < 4.78 is 1.23. The minimum atomic E-state index is -0.607. The monoisotopic (exact) mass is 414 g/mol. The number of hydrogen-bond acceptors (Lipinski definition) is 5. The lowest BCUT2D eigenvalue weighted by Crippen LogP contribution is -1.87. The minimum Gasteiger partial charge on any atom is -0.506 e. The van der Waals surface area contributed by atoms with Gasteiger partial charge in [0, 0.05) is 22.3 Å². The fourth-order valence-electron chi connectivity index (χ4n) is 1.56. The Balaban J connectivity index is 2.36. The van der Waals surface area contributed by atoms with Gasteiger partial charge >= 0.3 is 0 Å². The van der Waals surface area contributed by atoms with Gasteiger partial charge in [-0.05, 0) is 34.1 Å². The van der Waals surface area contributed by atoms with Crippen LogP contribution in [0.3, 0.4) is 0 Å². The van der Waals surface area contributed by atoms with E-state index in [-0.39, 0.29) is 22.9 Å². The van der Waals surface area contributed by atoms with Crippen molar-refractivity contribution in [3.8, 4) is 11.5 Å². The first kappa shape index (κ1) is 15.5. The summed E-state index contributed by atoms with van der Waals surface area (Å²) in [4.78, 5) is 14.0. The number of nitro groups is 1. The number of aliphatic imine (C=N–C) groups is 1. The molecule has 21 heavy (non-hydrogen) atoms. The molecule has 8 heteroatoms. The second kappa shape index (κ2) is 6.23. The van der Waals surface area contributed by atoms with Crippen molar-refractivity contribution in [1.82, 2.24) is 0 Å². The topological polar surface area (TPSA) is 96.0 Å². The van der Waals surface area contributed by atoms with Crippen LogP contribution in [0.4, 0.5) is 11.4 Å². The standard InChI is InChI=1S/C13H8Br2N2O4/c14-8-3-7(13(19)10(15)4-8)6-16-11-2-1-9(17(20)21)5-12(11)18/h1-6,18-19H. The van der Waals surface area contributed by atoms with E-state index in [1.54, 1.807) is 12.1 Å². The van der Waals surface area contributed by atoms with Crippen molar-refractivity contribution in [2.24, 2.45) is 4.99 Å². The van der Waals surface area contributed by atoms with Crippen LogP contribution in [-0.2, 0) is 0 Å². The Hall–Kier alpha value is -1.93. The molecule has 0 spiro atoms. The highest BCUT2D eigenvalue weighted by Gasteiger charge is 2.10. The average molecular weight is 416 g/mol. The molecule has 0 amide bonds. The number of rotatable bonds is 3. The smallest absolute Gasteiger partial charge is 0.273 e. The number of phenolic OH excluding ortho intramolecular Hbond substituents is 2. The summed E-state index contributed by atoms with van der Waals surface area (Å²) in [6.07, 6.45) is 1.35. The molecule has 0 saturated heterocycles. The van der Waals surface area contributed by atoms with E-state index in [4.69, 9.17) is 0 Å². The molecule has 0 fully saturated rings. The highest BCUT2D eigenvalue weighted by molar-refractivity contribution is 9.11. The van der Waals surface area contributed by atoms with E-state index in [0.29, 0.717) is 10.0 Å². The molecule has 0 bridgehead atoms. The van der Waals surface area contributed by atoms with Crippen LogP contribution < -0.4 is 0 Å². The van der Waals surface area contributed by atoms with Crippen LogP contribution in [0.2, 0.25) is 0 Å². The third-order valence-electron chi connectivity index (χ3n) is 2.57. The lowest BCUT2D eigenvalue weighted by atomic mass is 10.2. The number of benzene rings is 2. The van der Waals surface area contributed by atoms with Crippen LogP contribution in [0.15, 0.2) is 44.3 Å². The second-order valence-corrected chi connectivity index (χ2v) is 5.78. The molecule has 0 unspecified atom stereocenters. The van der Waals surface area contributed by atoms with Gasteiger partial charge < -0.3 is 10.2 Å². The van der Waals surface area contributed by atoms with Crippen LogP contribution in [0.5, 0.6) is 11.5 Å². The first-order chi connectivity index (χ1) is 9.88. The van der Waals surface area contributed by atoms with Gasteiger partial charge in [0.25, 0.3) is 5.69 Å². The summed E-state index contributed by atoms with van der Waals surface area (Å²) in [5.41, 5.74) is 0.365. The molecule has 0 saturated carbocycles. The number of hydrogen-bond donors (Lipinski definition) is 2. The highest BCUT2D eigenvalue weighted by Crippen LogP contribution is 2.33. The number of phenols is 2. The van der Waals surface area contributed by atoms with Gasteiger partial charge in [-0.25, -0.2) is 0 Å². The molecule has 2 aromatic rings. The van der Waals surface area contributed by atoms with Gasteiger partial charge in [0.2, 0.25) is 0 Å². The molecule has 2 rings (SSSR count). The van der Waals surface area contributed by atoms with Crippen molar-refractivity contribution in [3.05, 3.63) is 55.0 Å². The van der Waals surface area contributed by atoms with Crippen LogP contribution in [0.25, 0.3) is 0 Å². The summed E-state index contributed by atoms with van der Waals surface area (Å²) in [6.45, 7) is 0. The largest absolute Gasteiger partial charge is 0.506 e. The summed E-state index contributed by atoms with van der Waals surface area (Å²) in [6, 6.07) is 6.91. The fraction of sp³-hybridized carbons (Fsp3) is 0. The zero-order valence-corrected chi connectivity index (χ0v) is 13.5. The molecule has 108 valence electrons. The summed E-state index contributed by atoms with van der Waals surface area (Å²) >= 11 is 6.48. The molecule has 0 aromatic heterocycles. The summed E-state index contributed by atoms with van der Waals surface area (Å²) in [5, 5.41) is 30.1. The molecule has 2 N–H and O–H groups in total. The van der Waals surface area contributed by atoms with Crippen molar-refractivity contribution in [1.29, 1.82) is 0 Å². The van der Waals surface area contributed by atoms with Gasteiger partial charge in [-0.2, -0.15) is 0 Å². The molecule has 0 heterocycles. The van der Waals surface area contributed by atoms with Crippen molar-refractivity contribution < 1.29 is 15.1 Å². The molecule has 0 aliphatic heterocycles. The molecular weight excluding hydrogens is 408 g/mol. The summed E-state index contributed by atoms with van der Waals surface area (Å²) in [7, 11) is 0. The predicted molar refractivity (Wildman–Crippen MR) is 85.5 cm³/mol. The van der Waals surface area contributed by atoms with E-state index in [1.165, 1.54) is 18.3 Å². The number of halogens is 2. The second-order valence-electron chi connectivity index (χ2n) is 4.01. The molecule has 0 aliphatic rings. The first-order valence-electron chi connectivity index (χ1n) is 5.58. The highest BCUT2D eigenvalue weighted by atomic mass is 79.9. The summed E-state index contributed by atoms with van der Waals surface area (Å²) in [5.74, 6) is -0.308. The quantitative estimate of drug-likeness (QED) is 0.444. The van der Waals surface area contributed by atoms with Gasteiger partial charge in [0.05, 0.1) is 15.5 Å². The Morgan fingerprint density at radius 3 is 2.52 bits per heavy atom. The molecular formula is C13H8Br2N2O4. The number of nitro benzene ring substituents is 1. The number of aromatic hydroxyl groups is 2. The lowest BCUT2D eigenvalue weighted by Gasteiger charge is -2.03. The molecule has 0 atom stereocenters. The minimum absolute atomic E-state index is 0.00310. The zero-order valence-electron chi connectivity index (χ0n) is 10.3. The van der Waals surface area contributed by atoms with E-state index >= 15 is 0 Å². The van der Waals surface area contributed by atoms with E-state index in [2.05, 4.69) is 36.9 Å². The molecule has 0 aliphatic carbocycles. The van der Waals surface area contributed by atoms with Gasteiger partial charge in [-0.15, -0.1) is 0 Å². The Morgan fingerprint density at radius 2 is 1.90 bits per heavy atom. The van der Waals surface area contributed by atoms with E-state index in [0.717, 1.165) is 10.5 Å². The van der Waals surface area contributed by atoms with Crippen LogP contribution >= 0.6 is 31.9 Å². The Morgan fingerprint density at radius 1 is 1.19 bits per heavy atom. The maximum atomic E-state index is 10.6. The lowest BCUT2D eigenvalue weighted by molar-refractivity contribution is -0.384. The third-order valence-corrected chi connectivity index (χ3v) is 3.63. The van der Waals surface area contributed by atoms with Crippen molar-refractivity contribution in [2.75, 3.05) is 0 Å². The normalized spacial score (nSPS) is 11.0. The number of nitrogens with zero attached hydrogens (tertiary/aromatic N) is 2. The Labute approximate surface area is 136 Å². The van der Waals surface area contributed by atoms with Gasteiger partial charge in [-0.1, -0.05) is 15.9 Å². The maximum Gasteiger partial charge on any atom is 0.273 e. The van der Waals surface area contributed by atoms with Crippen LogP contribution in [0, 0.1) is 10.1 Å². The van der Waals surface area contributed by atoms with Crippen molar-refractivity contribution in [2.45, 2.75) is 0 Å². The van der Waals surface area contributed by atoms with Gasteiger partial charge in [-0.3, -0.25) is 15.1 Å². The molecule has 2 aromatic carbocycles. The average Bonchev–Trinajstić information content (AvgIpc) is 2.42. The first-order valence-corrected chi connectivity index (χ1v) is 7.16. The zero-order chi connectivity index (χ0) is 15.6. The molecule has 6 nitrogen and oxygen atoms in total. The van der Waals surface area contributed by atoms with Crippen LogP contribution in [-0.4, -0.2) is 21.4 Å². The fourth-order valence-corrected chi connectivity index (χ4v) is 2.82. The maximum absolute atomic E-state index is 10.6. The van der Waals surface area contributed by atoms with Gasteiger partial charge in [0.15, 0.2) is 0 Å². The van der Waals surface area contributed by atoms with E-state index in [9.17, 15) is 20.3 Å². The molecule has 0 radical (unpaired) electrons.